The molecule has 6 heteroatoms. The predicted octanol–water partition coefficient (Wildman–Crippen LogP) is 3.39. The zero-order chi connectivity index (χ0) is 16.1. The van der Waals surface area contributed by atoms with Gasteiger partial charge in [-0.2, -0.15) is 4.98 Å². The molecule has 0 aliphatic heterocycles. The molecule has 1 heterocycles. The van der Waals surface area contributed by atoms with Gasteiger partial charge in [0.05, 0.1) is 6.61 Å². The number of aromatic nitrogens is 3. The van der Waals surface area contributed by atoms with Gasteiger partial charge in [-0.1, -0.05) is 30.3 Å². The molecule has 6 nitrogen and oxygen atoms in total. The van der Waals surface area contributed by atoms with Gasteiger partial charge in [0.25, 0.3) is 5.95 Å². The van der Waals surface area contributed by atoms with Crippen molar-refractivity contribution >= 4 is 11.6 Å². The van der Waals surface area contributed by atoms with Crippen molar-refractivity contribution in [1.82, 2.24) is 15.2 Å². The summed E-state index contributed by atoms with van der Waals surface area (Å²) < 4.78 is 5.56. The number of benzene rings is 2. The quantitative estimate of drug-likeness (QED) is 0.752. The SMILES string of the molecule is CCOc1nc(Nc2ccccc2)nnc1-c1ccccc1O. The molecule has 3 rings (SSSR count). The van der Waals surface area contributed by atoms with Crippen molar-refractivity contribution in [2.45, 2.75) is 6.92 Å². The molecule has 0 fully saturated rings. The Morgan fingerprint density at radius 3 is 2.48 bits per heavy atom. The largest absolute Gasteiger partial charge is 0.507 e. The number of phenols is 1. The minimum atomic E-state index is 0.105. The minimum Gasteiger partial charge on any atom is -0.507 e. The van der Waals surface area contributed by atoms with Gasteiger partial charge in [0.2, 0.25) is 5.88 Å². The molecule has 2 aromatic carbocycles. The standard InChI is InChI=1S/C17H16N4O2/c1-2-23-16-15(13-10-6-7-11-14(13)22)20-21-17(19-16)18-12-8-4-3-5-9-12/h3-11,22H,2H2,1H3,(H,18,19,21). The fourth-order valence-electron chi connectivity index (χ4n) is 2.10. The number of para-hydroxylation sites is 2. The van der Waals surface area contributed by atoms with E-state index in [-0.39, 0.29) is 5.75 Å². The Morgan fingerprint density at radius 1 is 1.00 bits per heavy atom. The lowest BCUT2D eigenvalue weighted by Gasteiger charge is -2.11. The van der Waals surface area contributed by atoms with Crippen molar-refractivity contribution in [2.75, 3.05) is 11.9 Å². The van der Waals surface area contributed by atoms with Crippen LogP contribution in [0.25, 0.3) is 11.3 Å². The second kappa shape index (κ2) is 6.74. The number of aromatic hydroxyl groups is 1. The van der Waals surface area contributed by atoms with Gasteiger partial charge in [0.1, 0.15) is 5.75 Å². The Kier molecular flexibility index (Phi) is 4.33. The summed E-state index contributed by atoms with van der Waals surface area (Å²) in [5.41, 5.74) is 1.79. The minimum absolute atomic E-state index is 0.105. The van der Waals surface area contributed by atoms with E-state index in [0.29, 0.717) is 29.7 Å². The molecule has 1 aromatic heterocycles. The van der Waals surface area contributed by atoms with Gasteiger partial charge >= 0.3 is 0 Å². The first-order chi connectivity index (χ1) is 11.3. The van der Waals surface area contributed by atoms with Crippen molar-refractivity contribution in [3.8, 4) is 22.9 Å². The van der Waals surface area contributed by atoms with Crippen LogP contribution in [0.15, 0.2) is 54.6 Å². The third kappa shape index (κ3) is 3.37. The topological polar surface area (TPSA) is 80.2 Å². The molecular weight excluding hydrogens is 292 g/mol. The lowest BCUT2D eigenvalue weighted by molar-refractivity contribution is 0.326. The van der Waals surface area contributed by atoms with Gasteiger partial charge < -0.3 is 15.2 Å². The number of hydrogen-bond acceptors (Lipinski definition) is 6. The molecule has 0 radical (unpaired) electrons. The summed E-state index contributed by atoms with van der Waals surface area (Å²) >= 11 is 0. The normalized spacial score (nSPS) is 10.3. The van der Waals surface area contributed by atoms with E-state index in [9.17, 15) is 5.11 Å². The molecule has 23 heavy (non-hydrogen) atoms. The Morgan fingerprint density at radius 2 is 1.74 bits per heavy atom. The van der Waals surface area contributed by atoms with E-state index in [1.165, 1.54) is 0 Å². The average Bonchev–Trinajstić information content (AvgIpc) is 2.57. The second-order valence-electron chi connectivity index (χ2n) is 4.73. The second-order valence-corrected chi connectivity index (χ2v) is 4.73. The lowest BCUT2D eigenvalue weighted by atomic mass is 10.1. The highest BCUT2D eigenvalue weighted by Crippen LogP contribution is 2.32. The van der Waals surface area contributed by atoms with Crippen molar-refractivity contribution < 1.29 is 9.84 Å². The highest BCUT2D eigenvalue weighted by atomic mass is 16.5. The zero-order valence-electron chi connectivity index (χ0n) is 12.6. The molecule has 0 amide bonds. The summed E-state index contributed by atoms with van der Waals surface area (Å²) in [4.78, 5) is 4.36. The van der Waals surface area contributed by atoms with Crippen LogP contribution in [0.5, 0.6) is 11.6 Å². The Labute approximate surface area is 133 Å². The van der Waals surface area contributed by atoms with Crippen LogP contribution in [0.3, 0.4) is 0 Å². The number of phenolic OH excluding ortho intramolecular Hbond substituents is 1. The van der Waals surface area contributed by atoms with Crippen molar-refractivity contribution in [1.29, 1.82) is 0 Å². The molecule has 0 bridgehead atoms. The van der Waals surface area contributed by atoms with Crippen LogP contribution < -0.4 is 10.1 Å². The van der Waals surface area contributed by atoms with Crippen LogP contribution in [-0.2, 0) is 0 Å². The molecule has 0 unspecified atom stereocenters. The van der Waals surface area contributed by atoms with Crippen LogP contribution in [0.4, 0.5) is 11.6 Å². The van der Waals surface area contributed by atoms with Crippen LogP contribution in [0, 0.1) is 0 Å². The fraction of sp³-hybridized carbons (Fsp3) is 0.118. The number of nitrogens with zero attached hydrogens (tertiary/aromatic N) is 3. The molecule has 116 valence electrons. The molecule has 0 aliphatic carbocycles. The fourth-order valence-corrected chi connectivity index (χ4v) is 2.10. The molecule has 3 aromatic rings. The summed E-state index contributed by atoms with van der Waals surface area (Å²) in [6, 6.07) is 16.4. The Bertz CT molecular complexity index is 794. The molecule has 2 N–H and O–H groups in total. The monoisotopic (exact) mass is 308 g/mol. The van der Waals surface area contributed by atoms with E-state index < -0.39 is 0 Å². The number of hydrogen-bond donors (Lipinski definition) is 2. The smallest absolute Gasteiger partial charge is 0.250 e. The van der Waals surface area contributed by atoms with Gasteiger partial charge in [-0.3, -0.25) is 0 Å². The molecule has 0 atom stereocenters. The maximum absolute atomic E-state index is 9.99. The number of ether oxygens (including phenoxy) is 1. The summed E-state index contributed by atoms with van der Waals surface area (Å²) in [6.45, 7) is 2.30. The maximum atomic E-state index is 9.99. The highest BCUT2D eigenvalue weighted by molar-refractivity contribution is 5.70. The van der Waals surface area contributed by atoms with Gasteiger partial charge in [-0.05, 0) is 31.2 Å². The molecule has 0 saturated carbocycles. The number of nitrogens with one attached hydrogen (secondary N) is 1. The Balaban J connectivity index is 1.97. The molecular formula is C17H16N4O2. The summed E-state index contributed by atoms with van der Waals surface area (Å²) in [7, 11) is 0. The highest BCUT2D eigenvalue weighted by Gasteiger charge is 2.15. The van der Waals surface area contributed by atoms with Crippen LogP contribution in [0.2, 0.25) is 0 Å². The zero-order valence-corrected chi connectivity index (χ0v) is 12.6. The summed E-state index contributed by atoms with van der Waals surface area (Å²) in [6.07, 6.45) is 0. The van der Waals surface area contributed by atoms with Gasteiger partial charge in [0, 0.05) is 11.3 Å². The van der Waals surface area contributed by atoms with Crippen molar-refractivity contribution in [3.63, 3.8) is 0 Å². The first kappa shape index (κ1) is 14.8. The van der Waals surface area contributed by atoms with Crippen molar-refractivity contribution in [2.24, 2.45) is 0 Å². The van der Waals surface area contributed by atoms with E-state index in [1.54, 1.807) is 18.2 Å². The van der Waals surface area contributed by atoms with Crippen LogP contribution >= 0.6 is 0 Å². The van der Waals surface area contributed by atoms with Crippen LogP contribution in [0.1, 0.15) is 6.92 Å². The van der Waals surface area contributed by atoms with E-state index >= 15 is 0 Å². The van der Waals surface area contributed by atoms with Crippen LogP contribution in [-0.4, -0.2) is 26.9 Å². The third-order valence-corrected chi connectivity index (χ3v) is 3.12. The number of rotatable bonds is 5. The van der Waals surface area contributed by atoms with E-state index in [1.807, 2.05) is 43.3 Å². The first-order valence-corrected chi connectivity index (χ1v) is 7.26. The van der Waals surface area contributed by atoms with Crippen molar-refractivity contribution in [3.05, 3.63) is 54.6 Å². The number of anilines is 2. The van der Waals surface area contributed by atoms with Gasteiger partial charge in [-0.25, -0.2) is 0 Å². The van der Waals surface area contributed by atoms with Gasteiger partial charge in [-0.15, -0.1) is 10.2 Å². The molecule has 0 aliphatic rings. The summed E-state index contributed by atoms with van der Waals surface area (Å²) in [5, 5.41) is 21.3. The van der Waals surface area contributed by atoms with E-state index in [2.05, 4.69) is 20.5 Å². The Hall–Kier alpha value is -3.15. The maximum Gasteiger partial charge on any atom is 0.250 e. The predicted molar refractivity (Wildman–Crippen MR) is 87.8 cm³/mol. The third-order valence-electron chi connectivity index (χ3n) is 3.12. The van der Waals surface area contributed by atoms with E-state index in [4.69, 9.17) is 4.74 Å². The first-order valence-electron chi connectivity index (χ1n) is 7.26. The molecule has 0 spiro atoms. The average molecular weight is 308 g/mol. The molecule has 0 saturated heterocycles. The lowest BCUT2D eigenvalue weighted by Crippen LogP contribution is -2.05. The van der Waals surface area contributed by atoms with Gasteiger partial charge in [0.15, 0.2) is 5.69 Å². The summed E-state index contributed by atoms with van der Waals surface area (Å²) in [5.74, 6) is 0.759. The van der Waals surface area contributed by atoms with E-state index in [0.717, 1.165) is 5.69 Å².